The highest BCUT2D eigenvalue weighted by atomic mass is 19.3. The molecule has 4 heterocycles. The van der Waals surface area contributed by atoms with E-state index in [-0.39, 0.29) is 45.8 Å². The number of phenols is 1. The van der Waals surface area contributed by atoms with Gasteiger partial charge in [-0.3, -0.25) is 0 Å². The Morgan fingerprint density at radius 1 is 1.08 bits per heavy atom. The van der Waals surface area contributed by atoms with E-state index in [0.717, 1.165) is 25.7 Å². The third-order valence-corrected chi connectivity index (χ3v) is 11.7. The standard InChI is InChI=1S/C38H37F4N5O2/c1-3-26-29(39)7-4-22-13-25(48)14-27(31(22)26)30-21(2)12-28-33(32(30)40)44-35(45-34(28)47-15-23-5-6-24(16-47)43-23)49-20-36(8-9-36)18-46-11-10-37(19-46)17-38(37,41)42/h1,4,7,12-14,23-24,43,48H,5-6,8-11,15-20H2,2H3. The van der Waals surface area contributed by atoms with Gasteiger partial charge in [0, 0.05) is 66.4 Å². The molecule has 2 saturated carbocycles. The fraction of sp³-hybridized carbons (Fsp3) is 0.474. The number of hydrogen-bond donors (Lipinski definition) is 2. The molecule has 5 aliphatic rings. The summed E-state index contributed by atoms with van der Waals surface area (Å²) in [6.45, 7) is 5.22. The Morgan fingerprint density at radius 2 is 1.84 bits per heavy atom. The van der Waals surface area contributed by atoms with Crippen LogP contribution in [0.25, 0.3) is 32.8 Å². The molecule has 3 unspecified atom stereocenters. The molecule has 0 amide bonds. The fourth-order valence-corrected chi connectivity index (χ4v) is 8.82. The number of terminal acetylenes is 1. The number of nitrogens with zero attached hydrogens (tertiary/aromatic N) is 4. The molecule has 5 fully saturated rings. The molecule has 254 valence electrons. The fourth-order valence-electron chi connectivity index (χ4n) is 8.82. The van der Waals surface area contributed by atoms with Gasteiger partial charge in [0.05, 0.1) is 17.6 Å². The lowest BCUT2D eigenvalue weighted by Crippen LogP contribution is -2.51. The van der Waals surface area contributed by atoms with Gasteiger partial charge in [-0.2, -0.15) is 9.97 Å². The molecule has 3 aromatic carbocycles. The van der Waals surface area contributed by atoms with Crippen LogP contribution in [0.15, 0.2) is 30.3 Å². The Labute approximate surface area is 281 Å². The number of nitrogens with one attached hydrogen (secondary N) is 1. The minimum Gasteiger partial charge on any atom is -0.508 e. The number of phenolic OH excluding ortho intramolecular Hbond substituents is 1. The lowest BCUT2D eigenvalue weighted by atomic mass is 9.90. The number of likely N-dealkylation sites (tertiary alicyclic amines) is 1. The lowest BCUT2D eigenvalue weighted by molar-refractivity contribution is 0.0644. The number of ether oxygens (including phenoxy) is 1. The van der Waals surface area contributed by atoms with Crippen LogP contribution < -0.4 is 15.0 Å². The number of hydrogen-bond acceptors (Lipinski definition) is 7. The van der Waals surface area contributed by atoms with E-state index in [4.69, 9.17) is 16.1 Å². The molecule has 2 bridgehead atoms. The maximum Gasteiger partial charge on any atom is 0.319 e. The summed E-state index contributed by atoms with van der Waals surface area (Å²) in [5, 5.41) is 15.6. The summed E-state index contributed by atoms with van der Waals surface area (Å²) < 4.78 is 66.5. The normalized spacial score (nSPS) is 26.5. The number of aromatic hydroxyl groups is 1. The van der Waals surface area contributed by atoms with Gasteiger partial charge >= 0.3 is 6.01 Å². The van der Waals surface area contributed by atoms with Crippen molar-refractivity contribution in [3.8, 4) is 35.2 Å². The molecule has 4 aromatic rings. The van der Waals surface area contributed by atoms with Gasteiger partial charge in [0.2, 0.25) is 0 Å². The van der Waals surface area contributed by atoms with Crippen molar-refractivity contribution in [2.45, 2.75) is 63.5 Å². The van der Waals surface area contributed by atoms with E-state index in [1.807, 2.05) is 6.07 Å². The zero-order valence-corrected chi connectivity index (χ0v) is 27.3. The molecule has 3 aliphatic heterocycles. The van der Waals surface area contributed by atoms with Crippen LogP contribution in [0.3, 0.4) is 0 Å². The summed E-state index contributed by atoms with van der Waals surface area (Å²) in [6.07, 6.45) is 10.2. The number of anilines is 1. The van der Waals surface area contributed by atoms with E-state index in [0.29, 0.717) is 85.4 Å². The van der Waals surface area contributed by atoms with E-state index < -0.39 is 23.0 Å². The van der Waals surface area contributed by atoms with E-state index in [1.54, 1.807) is 6.92 Å². The first kappa shape index (κ1) is 30.9. The van der Waals surface area contributed by atoms with Crippen molar-refractivity contribution in [2.75, 3.05) is 44.2 Å². The molecule has 2 N–H and O–H groups in total. The second-order valence-corrected chi connectivity index (χ2v) is 15.2. The third-order valence-electron chi connectivity index (χ3n) is 11.7. The smallest absolute Gasteiger partial charge is 0.319 e. The van der Waals surface area contributed by atoms with Crippen LogP contribution in [0, 0.1) is 41.7 Å². The van der Waals surface area contributed by atoms with Gasteiger partial charge in [0.1, 0.15) is 22.9 Å². The van der Waals surface area contributed by atoms with Crippen LogP contribution in [0.5, 0.6) is 11.8 Å². The summed E-state index contributed by atoms with van der Waals surface area (Å²) >= 11 is 0. The molecular formula is C38H37F4N5O2. The quantitative estimate of drug-likeness (QED) is 0.171. The third kappa shape index (κ3) is 5.01. The molecule has 1 aromatic heterocycles. The van der Waals surface area contributed by atoms with Crippen molar-refractivity contribution in [1.29, 1.82) is 0 Å². The minimum absolute atomic E-state index is 0.0147. The number of halogens is 4. The zero-order chi connectivity index (χ0) is 33.9. The monoisotopic (exact) mass is 671 g/mol. The van der Waals surface area contributed by atoms with Crippen LogP contribution >= 0.6 is 0 Å². The van der Waals surface area contributed by atoms with E-state index >= 15 is 4.39 Å². The van der Waals surface area contributed by atoms with Gasteiger partial charge in [0.25, 0.3) is 5.92 Å². The van der Waals surface area contributed by atoms with Gasteiger partial charge in [0.15, 0.2) is 5.82 Å². The van der Waals surface area contributed by atoms with E-state index in [9.17, 15) is 18.3 Å². The molecule has 7 nitrogen and oxygen atoms in total. The minimum atomic E-state index is -2.56. The molecule has 3 atom stereocenters. The molecule has 3 saturated heterocycles. The van der Waals surface area contributed by atoms with Crippen LogP contribution in [-0.4, -0.2) is 77.3 Å². The zero-order valence-electron chi connectivity index (χ0n) is 27.3. The lowest BCUT2D eigenvalue weighted by Gasteiger charge is -2.34. The first-order valence-electron chi connectivity index (χ1n) is 17.1. The summed E-state index contributed by atoms with van der Waals surface area (Å²) in [7, 11) is 0. The first-order chi connectivity index (χ1) is 23.5. The highest BCUT2D eigenvalue weighted by molar-refractivity contribution is 6.05. The van der Waals surface area contributed by atoms with Crippen molar-refractivity contribution in [2.24, 2.45) is 10.8 Å². The molecule has 49 heavy (non-hydrogen) atoms. The second kappa shape index (κ2) is 10.7. The highest BCUT2D eigenvalue weighted by Gasteiger charge is 2.72. The number of aromatic nitrogens is 2. The number of fused-ring (bicyclic) bond motifs is 4. The molecule has 9 rings (SSSR count). The van der Waals surface area contributed by atoms with Crippen LogP contribution in [-0.2, 0) is 0 Å². The Bertz CT molecular complexity index is 2080. The highest BCUT2D eigenvalue weighted by Crippen LogP contribution is 2.65. The predicted octanol–water partition coefficient (Wildman–Crippen LogP) is 6.55. The number of rotatable bonds is 7. The van der Waals surface area contributed by atoms with Crippen molar-refractivity contribution in [3.05, 3.63) is 53.1 Å². The van der Waals surface area contributed by atoms with Crippen LogP contribution in [0.1, 0.15) is 49.7 Å². The van der Waals surface area contributed by atoms with Crippen molar-refractivity contribution < 1.29 is 27.4 Å². The maximum absolute atomic E-state index is 17.1. The summed E-state index contributed by atoms with van der Waals surface area (Å²) in [4.78, 5) is 13.9. The summed E-state index contributed by atoms with van der Waals surface area (Å²) in [5.74, 6) is -0.919. The second-order valence-electron chi connectivity index (χ2n) is 15.2. The Hall–Kier alpha value is -4.14. The summed E-state index contributed by atoms with van der Waals surface area (Å²) in [6, 6.07) is 8.13. The maximum atomic E-state index is 17.1. The topological polar surface area (TPSA) is 73.8 Å². The Morgan fingerprint density at radius 3 is 2.51 bits per heavy atom. The van der Waals surface area contributed by atoms with Crippen molar-refractivity contribution >= 4 is 27.5 Å². The Balaban J connectivity index is 1.12. The van der Waals surface area contributed by atoms with E-state index in [2.05, 4.69) is 26.0 Å². The molecular weight excluding hydrogens is 634 g/mol. The number of aryl methyl sites for hydroxylation is 1. The molecule has 2 aliphatic carbocycles. The average molecular weight is 672 g/mol. The number of piperazine rings is 1. The van der Waals surface area contributed by atoms with Crippen LogP contribution in [0.2, 0.25) is 0 Å². The number of alkyl halides is 2. The predicted molar refractivity (Wildman–Crippen MR) is 179 cm³/mol. The average Bonchev–Trinajstić information content (AvgIpc) is 3.82. The van der Waals surface area contributed by atoms with Crippen LogP contribution in [0.4, 0.5) is 23.4 Å². The van der Waals surface area contributed by atoms with Gasteiger partial charge < -0.3 is 25.0 Å². The first-order valence-corrected chi connectivity index (χ1v) is 17.1. The largest absolute Gasteiger partial charge is 0.508 e. The van der Waals surface area contributed by atoms with Gasteiger partial charge in [-0.1, -0.05) is 12.0 Å². The van der Waals surface area contributed by atoms with Crippen molar-refractivity contribution in [3.63, 3.8) is 0 Å². The molecule has 1 spiro atoms. The van der Waals surface area contributed by atoms with E-state index in [1.165, 1.54) is 24.3 Å². The number of benzene rings is 3. The van der Waals surface area contributed by atoms with Crippen molar-refractivity contribution in [1.82, 2.24) is 20.2 Å². The van der Waals surface area contributed by atoms with Gasteiger partial charge in [-0.15, -0.1) is 6.42 Å². The Kier molecular flexibility index (Phi) is 6.73. The molecule has 0 radical (unpaired) electrons. The van der Waals surface area contributed by atoms with Gasteiger partial charge in [-0.05, 0) is 86.4 Å². The SMILES string of the molecule is C#Cc1c(F)ccc2cc(O)cc(-c3c(C)cc4c(N5CC6CCC(C5)N6)nc(OCC5(CN6CCC7(C6)CC7(F)F)CC5)nc4c3F)c12. The molecule has 11 heteroatoms. The van der Waals surface area contributed by atoms with Gasteiger partial charge in [-0.25, -0.2) is 17.6 Å². The summed E-state index contributed by atoms with van der Waals surface area (Å²) in [5.41, 5.74) is -0.0152.